The molecule has 0 spiro atoms. The van der Waals surface area contributed by atoms with Crippen molar-refractivity contribution < 1.29 is 9.47 Å². The van der Waals surface area contributed by atoms with E-state index in [4.69, 9.17) is 9.47 Å². The van der Waals surface area contributed by atoms with E-state index in [2.05, 4.69) is 50.8 Å². The molecule has 0 bridgehead atoms. The normalized spacial score (nSPS) is 16.2. The predicted octanol–water partition coefficient (Wildman–Crippen LogP) is 3.68. The third-order valence-electron chi connectivity index (χ3n) is 5.96. The maximum atomic E-state index is 5.56. The monoisotopic (exact) mass is 396 g/mol. The minimum absolute atomic E-state index is 0.763. The molecule has 29 heavy (non-hydrogen) atoms. The fourth-order valence-electron chi connectivity index (χ4n) is 4.30. The first-order chi connectivity index (χ1) is 14.2. The number of aromatic amines is 1. The van der Waals surface area contributed by atoms with Gasteiger partial charge in [0.2, 0.25) is 0 Å². The molecule has 0 atom stereocenters. The van der Waals surface area contributed by atoms with Gasteiger partial charge in [-0.2, -0.15) is 0 Å². The van der Waals surface area contributed by atoms with Crippen LogP contribution in [0.2, 0.25) is 0 Å². The van der Waals surface area contributed by atoms with Crippen molar-refractivity contribution in [3.8, 4) is 22.8 Å². The van der Waals surface area contributed by atoms with E-state index in [1.165, 1.54) is 49.1 Å². The smallest absolute Gasteiger partial charge is 0.162 e. The molecule has 0 radical (unpaired) electrons. The first kappa shape index (κ1) is 19.9. The molecule has 6 nitrogen and oxygen atoms in total. The molecular formula is C23H32N4O2. The van der Waals surface area contributed by atoms with Crippen LogP contribution < -0.4 is 9.47 Å². The van der Waals surface area contributed by atoms with E-state index in [9.17, 15) is 0 Å². The number of methoxy groups -OCH3 is 2. The van der Waals surface area contributed by atoms with E-state index in [-0.39, 0.29) is 0 Å². The fourth-order valence-corrected chi connectivity index (χ4v) is 4.30. The SMILES string of the molecule is COc1cc2c(-c3ccc[nH]3)cn(CCCN3CCCN(C)CC3)c2cc1OC. The zero-order valence-corrected chi connectivity index (χ0v) is 17.8. The van der Waals surface area contributed by atoms with Crippen LogP contribution in [0.4, 0.5) is 0 Å². The number of rotatable bonds is 7. The Morgan fingerprint density at radius 1 is 1.00 bits per heavy atom. The van der Waals surface area contributed by atoms with Gasteiger partial charge >= 0.3 is 0 Å². The predicted molar refractivity (Wildman–Crippen MR) is 118 cm³/mol. The van der Waals surface area contributed by atoms with Crippen LogP contribution in [0.3, 0.4) is 0 Å². The Labute approximate surface area is 173 Å². The van der Waals surface area contributed by atoms with E-state index in [0.717, 1.165) is 36.7 Å². The van der Waals surface area contributed by atoms with Gasteiger partial charge in [0.05, 0.1) is 19.7 Å². The Morgan fingerprint density at radius 2 is 1.83 bits per heavy atom. The van der Waals surface area contributed by atoms with Crippen molar-refractivity contribution in [1.29, 1.82) is 0 Å². The number of likely N-dealkylation sites (N-methyl/N-ethyl adjacent to an activating group) is 1. The average Bonchev–Trinajstić information content (AvgIpc) is 3.33. The van der Waals surface area contributed by atoms with Crippen molar-refractivity contribution >= 4 is 10.9 Å². The summed E-state index contributed by atoms with van der Waals surface area (Å²) in [6.07, 6.45) is 6.62. The molecule has 1 fully saturated rings. The average molecular weight is 397 g/mol. The highest BCUT2D eigenvalue weighted by atomic mass is 16.5. The van der Waals surface area contributed by atoms with Crippen molar-refractivity contribution in [1.82, 2.24) is 19.4 Å². The second-order valence-electron chi connectivity index (χ2n) is 7.90. The number of H-pyrrole nitrogens is 1. The van der Waals surface area contributed by atoms with Crippen molar-refractivity contribution in [3.05, 3.63) is 36.7 Å². The number of hydrogen-bond donors (Lipinski definition) is 1. The zero-order valence-electron chi connectivity index (χ0n) is 17.8. The minimum atomic E-state index is 0.763. The van der Waals surface area contributed by atoms with E-state index >= 15 is 0 Å². The Morgan fingerprint density at radius 3 is 2.59 bits per heavy atom. The number of aryl methyl sites for hydroxylation is 1. The minimum Gasteiger partial charge on any atom is -0.493 e. The highest BCUT2D eigenvalue weighted by molar-refractivity contribution is 5.97. The third kappa shape index (κ3) is 4.28. The zero-order chi connectivity index (χ0) is 20.2. The summed E-state index contributed by atoms with van der Waals surface area (Å²) in [6, 6.07) is 8.34. The van der Waals surface area contributed by atoms with Gasteiger partial charge in [-0.15, -0.1) is 0 Å². The lowest BCUT2D eigenvalue weighted by Crippen LogP contribution is -2.30. The van der Waals surface area contributed by atoms with Crippen LogP contribution in [0.1, 0.15) is 12.8 Å². The lowest BCUT2D eigenvalue weighted by Gasteiger charge is -2.20. The van der Waals surface area contributed by atoms with Gasteiger partial charge in [0.1, 0.15) is 0 Å². The van der Waals surface area contributed by atoms with Crippen molar-refractivity contribution in [2.45, 2.75) is 19.4 Å². The largest absolute Gasteiger partial charge is 0.493 e. The number of nitrogens with one attached hydrogen (secondary N) is 1. The highest BCUT2D eigenvalue weighted by Crippen LogP contribution is 2.38. The van der Waals surface area contributed by atoms with Crippen LogP contribution in [-0.2, 0) is 6.54 Å². The van der Waals surface area contributed by atoms with Crippen molar-refractivity contribution in [3.63, 3.8) is 0 Å². The topological polar surface area (TPSA) is 45.7 Å². The molecule has 0 saturated carbocycles. The number of ether oxygens (including phenoxy) is 2. The summed E-state index contributed by atoms with van der Waals surface area (Å²) in [4.78, 5) is 8.38. The van der Waals surface area contributed by atoms with Crippen LogP contribution in [0.25, 0.3) is 22.2 Å². The summed E-state index contributed by atoms with van der Waals surface area (Å²) in [6.45, 7) is 6.87. The van der Waals surface area contributed by atoms with Crippen LogP contribution in [0.15, 0.2) is 36.7 Å². The molecule has 0 amide bonds. The quantitative estimate of drug-likeness (QED) is 0.662. The van der Waals surface area contributed by atoms with Gasteiger partial charge < -0.3 is 28.8 Å². The summed E-state index contributed by atoms with van der Waals surface area (Å²) >= 11 is 0. The Balaban J connectivity index is 1.58. The molecule has 2 aromatic heterocycles. The fraction of sp³-hybridized carbons (Fsp3) is 0.478. The van der Waals surface area contributed by atoms with Crippen molar-refractivity contribution in [2.24, 2.45) is 0 Å². The van der Waals surface area contributed by atoms with E-state index in [1.807, 2.05) is 12.3 Å². The molecule has 1 aliphatic rings. The first-order valence-corrected chi connectivity index (χ1v) is 10.5. The highest BCUT2D eigenvalue weighted by Gasteiger charge is 2.16. The van der Waals surface area contributed by atoms with Crippen LogP contribution in [-0.4, -0.2) is 73.3 Å². The van der Waals surface area contributed by atoms with Gasteiger partial charge in [-0.3, -0.25) is 0 Å². The molecule has 6 heteroatoms. The number of benzene rings is 1. The van der Waals surface area contributed by atoms with Crippen molar-refractivity contribution in [2.75, 3.05) is 54.0 Å². The molecule has 4 rings (SSSR count). The number of fused-ring (bicyclic) bond motifs is 1. The van der Waals surface area contributed by atoms with Crippen LogP contribution in [0, 0.1) is 0 Å². The van der Waals surface area contributed by atoms with Crippen LogP contribution in [0.5, 0.6) is 11.5 Å². The summed E-state index contributed by atoms with van der Waals surface area (Å²) in [5.41, 5.74) is 3.50. The van der Waals surface area contributed by atoms with E-state index in [0.29, 0.717) is 0 Å². The van der Waals surface area contributed by atoms with Gasteiger partial charge in [-0.1, -0.05) is 0 Å². The second-order valence-corrected chi connectivity index (χ2v) is 7.90. The van der Waals surface area contributed by atoms with E-state index in [1.54, 1.807) is 14.2 Å². The lowest BCUT2D eigenvalue weighted by molar-refractivity contribution is 0.269. The van der Waals surface area contributed by atoms with Gasteiger partial charge in [0.25, 0.3) is 0 Å². The maximum Gasteiger partial charge on any atom is 0.162 e. The van der Waals surface area contributed by atoms with E-state index < -0.39 is 0 Å². The molecule has 156 valence electrons. The first-order valence-electron chi connectivity index (χ1n) is 10.5. The number of hydrogen-bond acceptors (Lipinski definition) is 4. The van der Waals surface area contributed by atoms with Gasteiger partial charge in [0.15, 0.2) is 11.5 Å². The lowest BCUT2D eigenvalue weighted by atomic mass is 10.1. The molecule has 1 saturated heterocycles. The third-order valence-corrected chi connectivity index (χ3v) is 5.96. The summed E-state index contributed by atoms with van der Waals surface area (Å²) < 4.78 is 13.5. The number of aromatic nitrogens is 2. The molecule has 0 unspecified atom stereocenters. The molecular weight excluding hydrogens is 364 g/mol. The van der Waals surface area contributed by atoms with Gasteiger partial charge in [-0.05, 0) is 57.7 Å². The maximum absolute atomic E-state index is 5.56. The summed E-state index contributed by atoms with van der Waals surface area (Å²) in [5, 5.41) is 1.18. The Kier molecular flexibility index (Phi) is 6.11. The standard InChI is InChI=1S/C23H32N4O2/c1-25-9-5-10-26(14-13-25)11-6-12-27-17-19(20-7-4-8-24-20)18-15-22(28-2)23(29-3)16-21(18)27/h4,7-8,15-17,24H,5-6,9-14H2,1-3H3. The molecule has 3 aromatic rings. The molecule has 1 N–H and O–H groups in total. The summed E-state index contributed by atoms with van der Waals surface area (Å²) in [5.74, 6) is 1.53. The Bertz CT molecular complexity index is 932. The van der Waals surface area contributed by atoms with Gasteiger partial charge in [0, 0.05) is 54.7 Å². The van der Waals surface area contributed by atoms with Gasteiger partial charge in [-0.25, -0.2) is 0 Å². The molecule has 3 heterocycles. The molecule has 1 aromatic carbocycles. The second kappa shape index (κ2) is 8.93. The molecule has 0 aliphatic carbocycles. The summed E-state index contributed by atoms with van der Waals surface area (Å²) in [7, 11) is 5.60. The van der Waals surface area contributed by atoms with Crippen LogP contribution >= 0.6 is 0 Å². The Hall–Kier alpha value is -2.44. The number of nitrogens with zero attached hydrogens (tertiary/aromatic N) is 3. The molecule has 1 aliphatic heterocycles.